The topological polar surface area (TPSA) is 43.2 Å². The van der Waals surface area contributed by atoms with E-state index in [9.17, 15) is 0 Å². The summed E-state index contributed by atoms with van der Waals surface area (Å²) in [5.41, 5.74) is 5.92. The molecule has 1 fully saturated rings. The summed E-state index contributed by atoms with van der Waals surface area (Å²) in [4.78, 5) is 8.34. The van der Waals surface area contributed by atoms with Gasteiger partial charge in [0.15, 0.2) is 0 Å². The number of aryl methyl sites for hydroxylation is 1. The summed E-state index contributed by atoms with van der Waals surface area (Å²) in [6, 6.07) is 0.302. The van der Waals surface area contributed by atoms with Crippen LogP contribution in [-0.4, -0.2) is 39.4 Å². The van der Waals surface area contributed by atoms with Crippen LogP contribution in [0.15, 0.2) is 11.7 Å². The third kappa shape index (κ3) is 3.27. The number of thiazole rings is 1. The molecule has 130 valence electrons. The molecule has 0 unspecified atom stereocenters. The van der Waals surface area contributed by atoms with Crippen molar-refractivity contribution in [2.45, 2.75) is 52.2 Å². The molecule has 0 amide bonds. The minimum absolute atomic E-state index is 0.302. The van der Waals surface area contributed by atoms with Crippen LogP contribution < -0.4 is 0 Å². The van der Waals surface area contributed by atoms with E-state index in [2.05, 4.69) is 34.6 Å². The maximum atomic E-state index is 5.86. The quantitative estimate of drug-likeness (QED) is 0.772. The van der Waals surface area contributed by atoms with Crippen LogP contribution in [0.2, 0.25) is 0 Å². The van der Waals surface area contributed by atoms with Gasteiger partial charge in [0.25, 0.3) is 0 Å². The van der Waals surface area contributed by atoms with Crippen LogP contribution in [0, 0.1) is 12.8 Å². The molecule has 0 bridgehead atoms. The van der Waals surface area contributed by atoms with Crippen molar-refractivity contribution < 1.29 is 4.74 Å². The fraction of sp³-hybridized carbons (Fsp3) is 0.667. The van der Waals surface area contributed by atoms with Crippen LogP contribution in [0.5, 0.6) is 0 Å². The highest BCUT2D eigenvalue weighted by Crippen LogP contribution is 2.36. The number of fused-ring (bicyclic) bond motifs is 1. The van der Waals surface area contributed by atoms with Gasteiger partial charge in [0.1, 0.15) is 0 Å². The van der Waals surface area contributed by atoms with Gasteiger partial charge in [0.2, 0.25) is 0 Å². The molecule has 1 aliphatic carbocycles. The predicted octanol–water partition coefficient (Wildman–Crippen LogP) is 3.19. The second-order valence-corrected chi connectivity index (χ2v) is 7.88. The Balaban J connectivity index is 1.60. The molecule has 5 nitrogen and oxygen atoms in total. The normalized spacial score (nSPS) is 21.2. The smallest absolute Gasteiger partial charge is 0.0798 e. The standard InChI is InChI=1S/C18H26N4OS/c1-3-23-11-16-18-15(8-20-22(18)9-14-4-5-14)6-7-21(16)10-17-13(2)19-12-24-17/h8,12,14,16H,3-7,9-11H2,1-2H3/t16-/m1/s1. The van der Waals surface area contributed by atoms with Gasteiger partial charge in [-0.25, -0.2) is 4.98 Å². The summed E-state index contributed by atoms with van der Waals surface area (Å²) in [7, 11) is 0. The van der Waals surface area contributed by atoms with Crippen LogP contribution in [0.4, 0.5) is 0 Å². The third-order valence-corrected chi connectivity index (χ3v) is 6.10. The lowest BCUT2D eigenvalue weighted by Gasteiger charge is -2.36. The van der Waals surface area contributed by atoms with Gasteiger partial charge in [-0.05, 0) is 44.6 Å². The third-order valence-electron chi connectivity index (χ3n) is 5.18. The fourth-order valence-corrected chi connectivity index (χ4v) is 4.36. The van der Waals surface area contributed by atoms with Gasteiger partial charge in [-0.2, -0.15) is 5.10 Å². The number of nitrogens with zero attached hydrogens (tertiary/aromatic N) is 4. The molecule has 0 aromatic carbocycles. The molecule has 0 N–H and O–H groups in total. The monoisotopic (exact) mass is 346 g/mol. The molecule has 0 radical (unpaired) electrons. The van der Waals surface area contributed by atoms with Crippen molar-refractivity contribution in [2.24, 2.45) is 5.92 Å². The van der Waals surface area contributed by atoms with E-state index < -0.39 is 0 Å². The summed E-state index contributed by atoms with van der Waals surface area (Å²) < 4.78 is 8.13. The first kappa shape index (κ1) is 16.2. The second kappa shape index (κ2) is 6.94. The van der Waals surface area contributed by atoms with Crippen molar-refractivity contribution in [3.63, 3.8) is 0 Å². The molecule has 1 aliphatic heterocycles. The number of hydrogen-bond acceptors (Lipinski definition) is 5. The molecule has 1 saturated carbocycles. The lowest BCUT2D eigenvalue weighted by atomic mass is 9.99. The maximum Gasteiger partial charge on any atom is 0.0798 e. The van der Waals surface area contributed by atoms with Crippen LogP contribution in [0.1, 0.15) is 47.6 Å². The average molecular weight is 346 g/mol. The van der Waals surface area contributed by atoms with Crippen molar-refractivity contribution >= 4 is 11.3 Å². The van der Waals surface area contributed by atoms with E-state index in [1.54, 1.807) is 11.3 Å². The van der Waals surface area contributed by atoms with Gasteiger partial charge in [0.05, 0.1) is 35.7 Å². The largest absolute Gasteiger partial charge is 0.380 e. The molecular formula is C18H26N4OS. The Morgan fingerprint density at radius 1 is 1.38 bits per heavy atom. The summed E-state index contributed by atoms with van der Waals surface area (Å²) in [5.74, 6) is 0.834. The molecule has 2 aromatic rings. The van der Waals surface area contributed by atoms with Crippen molar-refractivity contribution in [1.29, 1.82) is 0 Å². The molecule has 4 rings (SSSR count). The van der Waals surface area contributed by atoms with Crippen molar-refractivity contribution in [3.05, 3.63) is 33.5 Å². The summed E-state index contributed by atoms with van der Waals surface area (Å²) in [6.07, 6.45) is 5.88. The Morgan fingerprint density at radius 2 is 2.25 bits per heavy atom. The van der Waals surface area contributed by atoms with Crippen molar-refractivity contribution in [2.75, 3.05) is 19.8 Å². The first-order valence-electron chi connectivity index (χ1n) is 9.01. The minimum atomic E-state index is 0.302. The van der Waals surface area contributed by atoms with E-state index in [0.29, 0.717) is 6.04 Å². The number of hydrogen-bond donors (Lipinski definition) is 0. The van der Waals surface area contributed by atoms with E-state index >= 15 is 0 Å². The first-order valence-corrected chi connectivity index (χ1v) is 9.89. The van der Waals surface area contributed by atoms with Crippen LogP contribution in [-0.2, 0) is 24.2 Å². The van der Waals surface area contributed by atoms with Crippen molar-refractivity contribution in [1.82, 2.24) is 19.7 Å². The SMILES string of the molecule is CCOC[C@@H]1c2c(cnn2CC2CC2)CCN1Cc1scnc1C. The van der Waals surface area contributed by atoms with E-state index in [0.717, 1.165) is 50.9 Å². The fourth-order valence-electron chi connectivity index (χ4n) is 3.56. The molecule has 3 heterocycles. The Kier molecular flexibility index (Phi) is 4.70. The Labute approximate surface area is 147 Å². The molecule has 2 aromatic heterocycles. The van der Waals surface area contributed by atoms with Crippen molar-refractivity contribution in [3.8, 4) is 0 Å². The van der Waals surface area contributed by atoms with Gasteiger partial charge in [0, 0.05) is 31.1 Å². The number of rotatable bonds is 7. The van der Waals surface area contributed by atoms with E-state index in [4.69, 9.17) is 9.84 Å². The molecule has 0 saturated heterocycles. The highest BCUT2D eigenvalue weighted by Gasteiger charge is 2.33. The molecule has 0 spiro atoms. The first-order chi connectivity index (χ1) is 11.8. The number of ether oxygens (including phenoxy) is 1. The van der Waals surface area contributed by atoms with Crippen LogP contribution in [0.25, 0.3) is 0 Å². The summed E-state index contributed by atoms with van der Waals surface area (Å²) in [6.45, 7) is 8.79. The molecule has 24 heavy (non-hydrogen) atoms. The van der Waals surface area contributed by atoms with Crippen LogP contribution >= 0.6 is 11.3 Å². The lowest BCUT2D eigenvalue weighted by Crippen LogP contribution is -2.38. The predicted molar refractivity (Wildman–Crippen MR) is 95.2 cm³/mol. The average Bonchev–Trinajstić information content (AvgIpc) is 3.18. The maximum absolute atomic E-state index is 5.86. The molecule has 6 heteroatoms. The van der Waals surface area contributed by atoms with E-state index in [1.807, 2.05) is 5.51 Å². The summed E-state index contributed by atoms with van der Waals surface area (Å²) >= 11 is 1.76. The molecule has 1 atom stereocenters. The van der Waals surface area contributed by atoms with Gasteiger partial charge in [-0.15, -0.1) is 11.3 Å². The second-order valence-electron chi connectivity index (χ2n) is 6.94. The lowest BCUT2D eigenvalue weighted by molar-refractivity contribution is 0.0515. The van der Waals surface area contributed by atoms with Gasteiger partial charge in [-0.3, -0.25) is 9.58 Å². The Morgan fingerprint density at radius 3 is 2.96 bits per heavy atom. The van der Waals surface area contributed by atoms with Crippen LogP contribution in [0.3, 0.4) is 0 Å². The zero-order valence-corrected chi connectivity index (χ0v) is 15.4. The Bertz CT molecular complexity index is 691. The van der Waals surface area contributed by atoms with Gasteiger partial charge >= 0.3 is 0 Å². The molecular weight excluding hydrogens is 320 g/mol. The highest BCUT2D eigenvalue weighted by molar-refractivity contribution is 7.09. The van der Waals surface area contributed by atoms with E-state index in [1.165, 1.54) is 29.0 Å². The minimum Gasteiger partial charge on any atom is -0.380 e. The molecule has 2 aliphatic rings. The number of aromatic nitrogens is 3. The summed E-state index contributed by atoms with van der Waals surface area (Å²) in [5, 5.41) is 4.71. The van der Waals surface area contributed by atoms with E-state index in [-0.39, 0.29) is 0 Å². The van der Waals surface area contributed by atoms with Gasteiger partial charge < -0.3 is 4.74 Å². The van der Waals surface area contributed by atoms with Gasteiger partial charge in [-0.1, -0.05) is 0 Å². The Hall–Kier alpha value is -1.24. The highest BCUT2D eigenvalue weighted by atomic mass is 32.1. The zero-order valence-electron chi connectivity index (χ0n) is 14.6. The zero-order chi connectivity index (χ0) is 16.5.